The van der Waals surface area contributed by atoms with Crippen LogP contribution in [0.15, 0.2) is 51.5 Å². The number of oxazole rings is 1. The van der Waals surface area contributed by atoms with E-state index in [2.05, 4.69) is 10.1 Å². The maximum atomic E-state index is 5.42. The van der Waals surface area contributed by atoms with Gasteiger partial charge in [0.05, 0.1) is 25.3 Å². The lowest BCUT2D eigenvalue weighted by Gasteiger charge is -2.07. The molecule has 0 atom stereocenters. The van der Waals surface area contributed by atoms with Gasteiger partial charge in [-0.1, -0.05) is 11.2 Å². The molecule has 3 aromatic rings. The molecule has 0 aliphatic heterocycles. The Kier molecular flexibility index (Phi) is 5.12. The summed E-state index contributed by atoms with van der Waals surface area (Å²) in [6.45, 7) is 0.235. The molecule has 0 aliphatic carbocycles. The summed E-state index contributed by atoms with van der Waals surface area (Å²) in [4.78, 5) is 10.6. The minimum atomic E-state index is 0.235. The maximum absolute atomic E-state index is 5.42. The van der Waals surface area contributed by atoms with E-state index in [0.717, 1.165) is 10.4 Å². The van der Waals surface area contributed by atoms with E-state index in [1.54, 1.807) is 38.0 Å². The highest BCUT2D eigenvalue weighted by atomic mass is 32.1. The topological polar surface area (TPSA) is 66.1 Å². The van der Waals surface area contributed by atoms with Crippen molar-refractivity contribution in [2.75, 3.05) is 14.2 Å². The normalized spacial score (nSPS) is 10.9. The van der Waals surface area contributed by atoms with Gasteiger partial charge in [-0.3, -0.25) is 0 Å². The van der Waals surface area contributed by atoms with E-state index < -0.39 is 0 Å². The number of hydrogen-bond donors (Lipinski definition) is 0. The molecule has 1 aromatic carbocycles. The highest BCUT2D eigenvalue weighted by Gasteiger charge is 2.07. The Balaban J connectivity index is 1.57. The number of oxime groups is 1. The molecule has 0 saturated carbocycles. The number of benzene rings is 1. The molecule has 0 saturated heterocycles. The molecule has 2 aromatic heterocycles. The Hall–Kier alpha value is -2.80. The highest BCUT2D eigenvalue weighted by Crippen LogP contribution is 2.27. The number of thiophene rings is 1. The molecule has 0 N–H and O–H groups in total. The van der Waals surface area contributed by atoms with Crippen LogP contribution in [0.4, 0.5) is 0 Å². The van der Waals surface area contributed by atoms with Crippen molar-refractivity contribution in [2.24, 2.45) is 5.16 Å². The minimum Gasteiger partial charge on any atom is -0.493 e. The van der Waals surface area contributed by atoms with Gasteiger partial charge in [-0.25, -0.2) is 4.98 Å². The Morgan fingerprint density at radius 1 is 1.21 bits per heavy atom. The minimum absolute atomic E-state index is 0.235. The third-order valence-electron chi connectivity index (χ3n) is 3.18. The van der Waals surface area contributed by atoms with Gasteiger partial charge in [-0.05, 0) is 29.6 Å². The zero-order valence-electron chi connectivity index (χ0n) is 13.3. The van der Waals surface area contributed by atoms with E-state index >= 15 is 0 Å². The summed E-state index contributed by atoms with van der Waals surface area (Å²) in [5, 5.41) is 5.91. The lowest BCUT2D eigenvalue weighted by atomic mass is 10.2. The van der Waals surface area contributed by atoms with E-state index in [1.807, 2.05) is 35.7 Å². The van der Waals surface area contributed by atoms with Crippen molar-refractivity contribution in [3.63, 3.8) is 0 Å². The third-order valence-corrected chi connectivity index (χ3v) is 4.04. The van der Waals surface area contributed by atoms with Crippen molar-refractivity contribution >= 4 is 17.6 Å². The van der Waals surface area contributed by atoms with E-state index in [1.165, 1.54) is 0 Å². The van der Waals surface area contributed by atoms with Gasteiger partial charge >= 0.3 is 0 Å². The summed E-state index contributed by atoms with van der Waals surface area (Å²) in [6, 6.07) is 9.39. The van der Waals surface area contributed by atoms with Crippen molar-refractivity contribution in [1.82, 2.24) is 4.98 Å². The first-order valence-electron chi connectivity index (χ1n) is 7.16. The smallest absolute Gasteiger partial charge is 0.236 e. The number of rotatable bonds is 7. The largest absolute Gasteiger partial charge is 0.493 e. The summed E-state index contributed by atoms with van der Waals surface area (Å²) >= 11 is 1.57. The number of ether oxygens (including phenoxy) is 2. The van der Waals surface area contributed by atoms with E-state index in [4.69, 9.17) is 18.7 Å². The van der Waals surface area contributed by atoms with Crippen LogP contribution in [0.3, 0.4) is 0 Å². The van der Waals surface area contributed by atoms with Gasteiger partial charge in [0, 0.05) is 5.56 Å². The molecule has 24 heavy (non-hydrogen) atoms. The quantitative estimate of drug-likeness (QED) is 0.479. The Morgan fingerprint density at radius 3 is 2.83 bits per heavy atom. The van der Waals surface area contributed by atoms with Crippen molar-refractivity contribution in [3.05, 3.63) is 53.2 Å². The molecular formula is C17H16N2O4S. The Bertz CT molecular complexity index is 812. The molecule has 0 fully saturated rings. The summed E-state index contributed by atoms with van der Waals surface area (Å²) in [6.07, 6.45) is 3.17. The molecule has 7 heteroatoms. The SMILES string of the molecule is COc1ccc(/C=N\OCc2coc(-c3cccs3)n2)cc1OC. The summed E-state index contributed by atoms with van der Waals surface area (Å²) in [5.41, 5.74) is 1.52. The lowest BCUT2D eigenvalue weighted by Crippen LogP contribution is -1.93. The van der Waals surface area contributed by atoms with Crippen molar-refractivity contribution < 1.29 is 18.7 Å². The fourth-order valence-corrected chi connectivity index (χ4v) is 2.68. The number of hydrogen-bond acceptors (Lipinski definition) is 7. The second-order valence-corrected chi connectivity index (χ2v) is 5.69. The zero-order valence-corrected chi connectivity index (χ0v) is 14.1. The van der Waals surface area contributed by atoms with Crippen LogP contribution in [-0.4, -0.2) is 25.4 Å². The van der Waals surface area contributed by atoms with Gasteiger partial charge < -0.3 is 18.7 Å². The first kappa shape index (κ1) is 16.1. The van der Waals surface area contributed by atoms with Crippen molar-refractivity contribution in [2.45, 2.75) is 6.61 Å². The van der Waals surface area contributed by atoms with Gasteiger partial charge in [-0.15, -0.1) is 11.3 Å². The van der Waals surface area contributed by atoms with Crippen LogP contribution in [0.25, 0.3) is 10.8 Å². The highest BCUT2D eigenvalue weighted by molar-refractivity contribution is 7.13. The van der Waals surface area contributed by atoms with Gasteiger partial charge in [0.1, 0.15) is 12.0 Å². The monoisotopic (exact) mass is 344 g/mol. The summed E-state index contributed by atoms with van der Waals surface area (Å²) in [7, 11) is 3.18. The lowest BCUT2D eigenvalue weighted by molar-refractivity contribution is 0.129. The van der Waals surface area contributed by atoms with Crippen molar-refractivity contribution in [1.29, 1.82) is 0 Å². The number of nitrogens with zero attached hydrogens (tertiary/aromatic N) is 2. The molecule has 0 amide bonds. The molecule has 0 radical (unpaired) electrons. The average molecular weight is 344 g/mol. The third kappa shape index (κ3) is 3.75. The fourth-order valence-electron chi connectivity index (χ4n) is 2.02. The predicted octanol–water partition coefficient (Wildman–Crippen LogP) is 3.97. The van der Waals surface area contributed by atoms with Crippen LogP contribution in [0.2, 0.25) is 0 Å². The van der Waals surface area contributed by atoms with Gasteiger partial charge in [0.25, 0.3) is 0 Å². The van der Waals surface area contributed by atoms with Crippen LogP contribution < -0.4 is 9.47 Å². The molecule has 0 spiro atoms. The molecule has 124 valence electrons. The van der Waals surface area contributed by atoms with Crippen LogP contribution in [0.5, 0.6) is 11.5 Å². The summed E-state index contributed by atoms with van der Waals surface area (Å²) < 4.78 is 15.8. The second kappa shape index (κ2) is 7.65. The van der Waals surface area contributed by atoms with Gasteiger partial charge in [0.2, 0.25) is 5.89 Å². The van der Waals surface area contributed by atoms with Gasteiger partial charge in [0.15, 0.2) is 18.1 Å². The van der Waals surface area contributed by atoms with Gasteiger partial charge in [-0.2, -0.15) is 0 Å². The molecule has 3 rings (SSSR count). The molecular weight excluding hydrogens is 328 g/mol. The number of methoxy groups -OCH3 is 2. The van der Waals surface area contributed by atoms with Crippen molar-refractivity contribution in [3.8, 4) is 22.3 Å². The maximum Gasteiger partial charge on any atom is 0.236 e. The average Bonchev–Trinajstić information content (AvgIpc) is 3.29. The van der Waals surface area contributed by atoms with Crippen LogP contribution in [0.1, 0.15) is 11.3 Å². The van der Waals surface area contributed by atoms with Crippen LogP contribution in [0, 0.1) is 0 Å². The van der Waals surface area contributed by atoms with E-state index in [0.29, 0.717) is 23.1 Å². The molecule has 2 heterocycles. The fraction of sp³-hybridized carbons (Fsp3) is 0.176. The molecule has 0 bridgehead atoms. The molecule has 0 unspecified atom stereocenters. The number of aromatic nitrogens is 1. The standard InChI is InChI=1S/C17H16N2O4S/c1-20-14-6-5-12(8-15(14)21-2)9-18-23-11-13-10-22-17(19-13)16-4-3-7-24-16/h3-10H,11H2,1-2H3/b18-9-. The Labute approximate surface area is 143 Å². The Morgan fingerprint density at radius 2 is 2.08 bits per heavy atom. The molecule has 0 aliphatic rings. The predicted molar refractivity (Wildman–Crippen MR) is 91.7 cm³/mol. The first-order chi connectivity index (χ1) is 11.8. The van der Waals surface area contributed by atoms with E-state index in [9.17, 15) is 0 Å². The second-order valence-electron chi connectivity index (χ2n) is 4.74. The first-order valence-corrected chi connectivity index (χ1v) is 8.03. The zero-order chi connectivity index (χ0) is 16.8. The van der Waals surface area contributed by atoms with Crippen LogP contribution >= 0.6 is 11.3 Å². The molecule has 6 nitrogen and oxygen atoms in total. The van der Waals surface area contributed by atoms with Crippen LogP contribution in [-0.2, 0) is 11.4 Å². The summed E-state index contributed by atoms with van der Waals surface area (Å²) in [5.74, 6) is 1.89. The van der Waals surface area contributed by atoms with E-state index in [-0.39, 0.29) is 6.61 Å².